The monoisotopic (exact) mass is 360 g/mol. The summed E-state index contributed by atoms with van der Waals surface area (Å²) in [6.45, 7) is 0. The first kappa shape index (κ1) is 16.4. The van der Waals surface area contributed by atoms with Crippen LogP contribution in [0.4, 0.5) is 11.4 Å². The Labute approximate surface area is 152 Å². The number of fused-ring (bicyclic) bond motifs is 1. The number of hydrogen-bond acceptors (Lipinski definition) is 7. The van der Waals surface area contributed by atoms with Gasteiger partial charge in [-0.15, -0.1) is 0 Å². The van der Waals surface area contributed by atoms with E-state index in [-0.39, 0.29) is 11.3 Å². The zero-order valence-electron chi connectivity index (χ0n) is 13.8. The summed E-state index contributed by atoms with van der Waals surface area (Å²) in [7, 11) is 0. The van der Waals surface area contributed by atoms with Gasteiger partial charge in [-0.1, -0.05) is 6.07 Å². The third-order valence-corrected chi connectivity index (χ3v) is 3.87. The number of phenols is 1. The molecular weight excluding hydrogens is 348 g/mol. The van der Waals surface area contributed by atoms with Gasteiger partial charge in [0.05, 0.1) is 10.6 Å². The van der Waals surface area contributed by atoms with Gasteiger partial charge in [0.2, 0.25) is 11.6 Å². The zero-order valence-corrected chi connectivity index (χ0v) is 13.8. The number of nitro groups is 1. The number of aromatic nitrogens is 2. The van der Waals surface area contributed by atoms with E-state index in [9.17, 15) is 15.2 Å². The molecule has 0 spiro atoms. The van der Waals surface area contributed by atoms with Crippen LogP contribution in [0.25, 0.3) is 22.7 Å². The molecule has 0 saturated heterocycles. The molecule has 0 atom stereocenters. The number of nitro benzene ring substituents is 1. The lowest BCUT2D eigenvalue weighted by Gasteiger charge is -2.00. The molecule has 27 heavy (non-hydrogen) atoms. The van der Waals surface area contributed by atoms with Crippen LogP contribution in [-0.4, -0.2) is 26.2 Å². The number of aliphatic imine (C=N–C) groups is 1. The molecule has 0 aliphatic rings. The minimum Gasteiger partial charge on any atom is -0.502 e. The topological polar surface area (TPSA) is 115 Å². The molecule has 4 aromatic rings. The van der Waals surface area contributed by atoms with Gasteiger partial charge in [0, 0.05) is 29.6 Å². The Morgan fingerprint density at radius 3 is 2.67 bits per heavy atom. The highest BCUT2D eigenvalue weighted by Crippen LogP contribution is 2.29. The maximum atomic E-state index is 10.9. The number of aromatic hydroxyl groups is 1. The summed E-state index contributed by atoms with van der Waals surface area (Å²) in [5, 5.41) is 20.8. The Kier molecular flexibility index (Phi) is 4.06. The van der Waals surface area contributed by atoms with E-state index in [1.807, 2.05) is 0 Å². The summed E-state index contributed by atoms with van der Waals surface area (Å²) >= 11 is 0. The number of rotatable bonds is 4. The lowest BCUT2D eigenvalue weighted by atomic mass is 10.2. The van der Waals surface area contributed by atoms with Crippen LogP contribution in [0.1, 0.15) is 5.56 Å². The van der Waals surface area contributed by atoms with Crippen LogP contribution in [0.3, 0.4) is 0 Å². The normalized spacial score (nSPS) is 11.3. The van der Waals surface area contributed by atoms with Crippen molar-refractivity contribution in [1.29, 1.82) is 0 Å². The number of para-hydroxylation sites is 1. The first-order chi connectivity index (χ1) is 13.1. The minimum absolute atomic E-state index is 0.262. The SMILES string of the molecule is O=[N+]([O-])c1cccc(C=Nc2ccc(-c3nc4ncccc4o3)cc2)c1O. The fraction of sp³-hybridized carbons (Fsp3) is 0. The van der Waals surface area contributed by atoms with Gasteiger partial charge in [-0.3, -0.25) is 15.1 Å². The lowest BCUT2D eigenvalue weighted by Crippen LogP contribution is -1.91. The van der Waals surface area contributed by atoms with Crippen LogP contribution < -0.4 is 0 Å². The Balaban J connectivity index is 1.58. The van der Waals surface area contributed by atoms with E-state index in [0.29, 0.717) is 22.8 Å². The van der Waals surface area contributed by atoms with Gasteiger partial charge in [-0.05, 0) is 42.5 Å². The molecule has 8 nitrogen and oxygen atoms in total. The van der Waals surface area contributed by atoms with Crippen molar-refractivity contribution in [1.82, 2.24) is 9.97 Å². The summed E-state index contributed by atoms with van der Waals surface area (Å²) in [6.07, 6.45) is 3.02. The van der Waals surface area contributed by atoms with Crippen molar-refractivity contribution in [3.63, 3.8) is 0 Å². The Bertz CT molecular complexity index is 1130. The summed E-state index contributed by atoms with van der Waals surface area (Å²) in [4.78, 5) is 22.9. The average molecular weight is 360 g/mol. The molecule has 2 aromatic heterocycles. The van der Waals surface area contributed by atoms with Gasteiger partial charge < -0.3 is 9.52 Å². The zero-order chi connectivity index (χ0) is 18.8. The molecule has 0 unspecified atom stereocenters. The molecule has 132 valence electrons. The van der Waals surface area contributed by atoms with E-state index in [2.05, 4.69) is 15.0 Å². The van der Waals surface area contributed by atoms with Crippen molar-refractivity contribution in [2.45, 2.75) is 0 Å². The Morgan fingerprint density at radius 2 is 1.93 bits per heavy atom. The molecule has 4 rings (SSSR count). The third kappa shape index (κ3) is 3.23. The summed E-state index contributed by atoms with van der Waals surface area (Å²) in [5.74, 6) is 0.0393. The van der Waals surface area contributed by atoms with Gasteiger partial charge in [-0.25, -0.2) is 4.98 Å². The molecule has 1 N–H and O–H groups in total. The maximum absolute atomic E-state index is 10.9. The number of nitrogens with zero attached hydrogens (tertiary/aromatic N) is 4. The average Bonchev–Trinajstić information content (AvgIpc) is 3.11. The highest BCUT2D eigenvalue weighted by molar-refractivity contribution is 5.87. The number of phenolic OH excluding ortho intramolecular Hbond substituents is 1. The fourth-order valence-corrected chi connectivity index (χ4v) is 2.53. The largest absolute Gasteiger partial charge is 0.502 e. The molecule has 0 saturated carbocycles. The van der Waals surface area contributed by atoms with Crippen molar-refractivity contribution in [2.75, 3.05) is 0 Å². The predicted octanol–water partition coefficient (Wildman–Crippen LogP) is 4.25. The van der Waals surface area contributed by atoms with Crippen LogP contribution in [0.5, 0.6) is 5.75 Å². The van der Waals surface area contributed by atoms with Crippen LogP contribution in [0.15, 0.2) is 70.2 Å². The Hall–Kier alpha value is -4.07. The second kappa shape index (κ2) is 6.68. The van der Waals surface area contributed by atoms with Crippen LogP contribution in [-0.2, 0) is 0 Å². The van der Waals surface area contributed by atoms with Crippen LogP contribution >= 0.6 is 0 Å². The number of benzene rings is 2. The van der Waals surface area contributed by atoms with E-state index >= 15 is 0 Å². The van der Waals surface area contributed by atoms with Gasteiger partial charge in [0.15, 0.2) is 11.2 Å². The second-order valence-corrected chi connectivity index (χ2v) is 5.62. The smallest absolute Gasteiger partial charge is 0.311 e. The van der Waals surface area contributed by atoms with Crippen molar-refractivity contribution in [3.05, 3.63) is 76.5 Å². The van der Waals surface area contributed by atoms with Gasteiger partial charge >= 0.3 is 5.69 Å². The second-order valence-electron chi connectivity index (χ2n) is 5.62. The van der Waals surface area contributed by atoms with E-state index < -0.39 is 10.7 Å². The van der Waals surface area contributed by atoms with E-state index in [0.717, 1.165) is 5.56 Å². The Morgan fingerprint density at radius 1 is 1.11 bits per heavy atom. The first-order valence-corrected chi connectivity index (χ1v) is 7.94. The molecule has 2 heterocycles. The summed E-state index contributed by atoms with van der Waals surface area (Å²) in [6, 6.07) is 14.9. The van der Waals surface area contributed by atoms with Crippen molar-refractivity contribution in [2.24, 2.45) is 4.99 Å². The molecule has 0 radical (unpaired) electrons. The standard InChI is InChI=1S/C19H12N4O4/c24-17-13(3-1-4-15(17)23(25)26)11-21-14-8-6-12(7-9-14)19-22-18-16(27-19)5-2-10-20-18/h1-11,24H. The molecule has 2 aromatic carbocycles. The number of hydrogen-bond donors (Lipinski definition) is 1. The van der Waals surface area contributed by atoms with Crippen molar-refractivity contribution >= 4 is 28.8 Å². The molecule has 8 heteroatoms. The molecule has 0 amide bonds. The third-order valence-electron chi connectivity index (χ3n) is 3.87. The van der Waals surface area contributed by atoms with Gasteiger partial charge in [-0.2, -0.15) is 4.98 Å². The molecular formula is C19H12N4O4. The van der Waals surface area contributed by atoms with Crippen molar-refractivity contribution < 1.29 is 14.4 Å². The predicted molar refractivity (Wildman–Crippen MR) is 99.3 cm³/mol. The summed E-state index contributed by atoms with van der Waals surface area (Å²) < 4.78 is 5.67. The quantitative estimate of drug-likeness (QED) is 0.330. The van der Waals surface area contributed by atoms with Gasteiger partial charge in [0.1, 0.15) is 0 Å². The highest BCUT2D eigenvalue weighted by Gasteiger charge is 2.15. The first-order valence-electron chi connectivity index (χ1n) is 7.94. The highest BCUT2D eigenvalue weighted by atomic mass is 16.6. The molecule has 0 bridgehead atoms. The number of oxazole rings is 1. The lowest BCUT2D eigenvalue weighted by molar-refractivity contribution is -0.385. The van der Waals surface area contributed by atoms with Gasteiger partial charge in [0.25, 0.3) is 0 Å². The van der Waals surface area contributed by atoms with E-state index in [1.54, 1.807) is 48.7 Å². The molecule has 0 aliphatic heterocycles. The minimum atomic E-state index is -0.642. The van der Waals surface area contributed by atoms with E-state index in [4.69, 9.17) is 4.42 Å². The number of pyridine rings is 1. The van der Waals surface area contributed by atoms with Crippen LogP contribution in [0, 0.1) is 10.1 Å². The fourth-order valence-electron chi connectivity index (χ4n) is 2.53. The van der Waals surface area contributed by atoms with Crippen molar-refractivity contribution in [3.8, 4) is 17.2 Å². The molecule has 0 fully saturated rings. The van der Waals surface area contributed by atoms with Crippen LogP contribution in [0.2, 0.25) is 0 Å². The molecule has 0 aliphatic carbocycles. The maximum Gasteiger partial charge on any atom is 0.311 e. The summed E-state index contributed by atoms with van der Waals surface area (Å²) in [5.41, 5.74) is 2.42. The van der Waals surface area contributed by atoms with E-state index in [1.165, 1.54) is 18.3 Å².